The van der Waals surface area contributed by atoms with Crippen LogP contribution in [0.3, 0.4) is 0 Å². The van der Waals surface area contributed by atoms with E-state index in [-0.39, 0.29) is 11.5 Å². The Morgan fingerprint density at radius 3 is 2.79 bits per heavy atom. The zero-order valence-electron chi connectivity index (χ0n) is 19.2. The van der Waals surface area contributed by atoms with E-state index in [9.17, 15) is 9.59 Å². The molecule has 1 amide bonds. The fourth-order valence-electron chi connectivity index (χ4n) is 4.33. The number of aromatic amines is 1. The highest BCUT2D eigenvalue weighted by atomic mass is 16.2. The molecule has 0 bridgehead atoms. The first-order valence-electron chi connectivity index (χ1n) is 11.2. The van der Waals surface area contributed by atoms with Gasteiger partial charge in [-0.25, -0.2) is 9.67 Å². The number of benzene rings is 1. The highest BCUT2D eigenvalue weighted by Gasteiger charge is 2.27. The molecule has 0 radical (unpaired) electrons. The second kappa shape index (κ2) is 9.43. The van der Waals surface area contributed by atoms with Crippen LogP contribution in [0.5, 0.6) is 0 Å². The standard InChI is InChI=1S/C25H28N6O2/c1-4-29(3)15-19-9-10-30(16-19)24(32)20-6-8-23(27-13-20)31-25(33)22(14-28-31)21-7-5-18(12-26)11-17(21)2/h5-8,11,13-14,19,28H,4,9-10,15-16H2,1-3H3. The number of nitrogens with one attached hydrogen (secondary N) is 1. The van der Waals surface area contributed by atoms with Gasteiger partial charge in [0.15, 0.2) is 5.82 Å². The first-order valence-corrected chi connectivity index (χ1v) is 11.2. The average Bonchev–Trinajstić information content (AvgIpc) is 3.45. The first-order chi connectivity index (χ1) is 15.9. The van der Waals surface area contributed by atoms with Gasteiger partial charge in [-0.2, -0.15) is 5.26 Å². The van der Waals surface area contributed by atoms with Crippen molar-refractivity contribution in [3.05, 3.63) is 69.8 Å². The van der Waals surface area contributed by atoms with Crippen molar-refractivity contribution in [2.75, 3.05) is 33.2 Å². The molecular formula is C25H28N6O2. The molecule has 3 heterocycles. The molecule has 4 rings (SSSR count). The summed E-state index contributed by atoms with van der Waals surface area (Å²) in [5.74, 6) is 0.883. The summed E-state index contributed by atoms with van der Waals surface area (Å²) in [4.78, 5) is 34.4. The maximum absolute atomic E-state index is 13.0. The summed E-state index contributed by atoms with van der Waals surface area (Å²) in [5, 5.41) is 12.0. The summed E-state index contributed by atoms with van der Waals surface area (Å²) in [6, 6.07) is 10.7. The molecule has 1 unspecified atom stereocenters. The van der Waals surface area contributed by atoms with Crippen molar-refractivity contribution in [3.8, 4) is 23.0 Å². The monoisotopic (exact) mass is 444 g/mol. The Labute approximate surface area is 193 Å². The van der Waals surface area contributed by atoms with E-state index in [1.54, 1.807) is 36.5 Å². The van der Waals surface area contributed by atoms with E-state index < -0.39 is 0 Å². The van der Waals surface area contributed by atoms with Crippen LogP contribution in [-0.4, -0.2) is 63.7 Å². The van der Waals surface area contributed by atoms with E-state index in [0.29, 0.717) is 28.4 Å². The summed E-state index contributed by atoms with van der Waals surface area (Å²) in [7, 11) is 2.10. The van der Waals surface area contributed by atoms with Gasteiger partial charge >= 0.3 is 0 Å². The lowest BCUT2D eigenvalue weighted by atomic mass is 10.0. The third-order valence-corrected chi connectivity index (χ3v) is 6.32. The van der Waals surface area contributed by atoms with Crippen LogP contribution in [0.25, 0.3) is 16.9 Å². The third-order valence-electron chi connectivity index (χ3n) is 6.32. The number of H-pyrrole nitrogens is 1. The predicted molar refractivity (Wildman–Crippen MR) is 126 cm³/mol. The fraction of sp³-hybridized carbons (Fsp3) is 0.360. The van der Waals surface area contributed by atoms with Crippen molar-refractivity contribution in [2.24, 2.45) is 5.92 Å². The maximum atomic E-state index is 13.0. The van der Waals surface area contributed by atoms with Gasteiger partial charge in [0, 0.05) is 32.0 Å². The fourth-order valence-corrected chi connectivity index (χ4v) is 4.33. The Kier molecular flexibility index (Phi) is 6.43. The quantitative estimate of drug-likeness (QED) is 0.630. The number of amides is 1. The Morgan fingerprint density at radius 2 is 2.12 bits per heavy atom. The average molecular weight is 445 g/mol. The van der Waals surface area contributed by atoms with E-state index in [4.69, 9.17) is 5.26 Å². The van der Waals surface area contributed by atoms with E-state index in [2.05, 4.69) is 35.0 Å². The van der Waals surface area contributed by atoms with Crippen molar-refractivity contribution >= 4 is 5.91 Å². The van der Waals surface area contributed by atoms with Crippen LogP contribution in [-0.2, 0) is 0 Å². The van der Waals surface area contributed by atoms with Gasteiger partial charge < -0.3 is 9.80 Å². The molecule has 33 heavy (non-hydrogen) atoms. The molecule has 1 aromatic carbocycles. The van der Waals surface area contributed by atoms with Crippen LogP contribution in [0.2, 0.25) is 0 Å². The van der Waals surface area contributed by atoms with Gasteiger partial charge in [0.05, 0.1) is 22.8 Å². The number of hydrogen-bond acceptors (Lipinski definition) is 5. The highest BCUT2D eigenvalue weighted by molar-refractivity contribution is 5.94. The number of nitriles is 1. The van der Waals surface area contributed by atoms with Crippen molar-refractivity contribution in [2.45, 2.75) is 20.3 Å². The van der Waals surface area contributed by atoms with Crippen molar-refractivity contribution in [1.29, 1.82) is 5.26 Å². The summed E-state index contributed by atoms with van der Waals surface area (Å²) in [6.45, 7) is 7.51. The summed E-state index contributed by atoms with van der Waals surface area (Å²) in [6.07, 6.45) is 4.18. The number of hydrogen-bond donors (Lipinski definition) is 1. The zero-order chi connectivity index (χ0) is 23.5. The Bertz CT molecular complexity index is 1250. The Balaban J connectivity index is 1.50. The van der Waals surface area contributed by atoms with Crippen LogP contribution in [0.1, 0.15) is 34.8 Å². The van der Waals surface area contributed by atoms with Crippen LogP contribution in [0.15, 0.2) is 47.5 Å². The molecule has 1 fully saturated rings. The third kappa shape index (κ3) is 4.59. The Hall–Kier alpha value is -3.70. The van der Waals surface area contributed by atoms with Crippen LogP contribution in [0.4, 0.5) is 0 Å². The van der Waals surface area contributed by atoms with Crippen molar-refractivity contribution in [3.63, 3.8) is 0 Å². The SMILES string of the molecule is CCN(C)CC1CCN(C(=O)c2ccc(-n3[nH]cc(-c4ccc(C#N)cc4C)c3=O)nc2)C1. The molecule has 1 N–H and O–H groups in total. The number of nitrogens with zero attached hydrogens (tertiary/aromatic N) is 5. The van der Waals surface area contributed by atoms with Crippen LogP contribution >= 0.6 is 0 Å². The number of carbonyl (C=O) groups excluding carboxylic acids is 1. The summed E-state index contributed by atoms with van der Waals surface area (Å²) < 4.78 is 1.35. The number of aromatic nitrogens is 3. The molecule has 1 aliphatic rings. The van der Waals surface area contributed by atoms with E-state index in [1.807, 2.05) is 11.8 Å². The number of rotatable bonds is 6. The highest BCUT2D eigenvalue weighted by Crippen LogP contribution is 2.22. The minimum absolute atomic E-state index is 0.0246. The van der Waals surface area contributed by atoms with Gasteiger partial charge in [0.1, 0.15) is 0 Å². The summed E-state index contributed by atoms with van der Waals surface area (Å²) in [5.41, 5.74) is 2.94. The van der Waals surface area contributed by atoms with E-state index >= 15 is 0 Å². The molecule has 0 aliphatic carbocycles. The van der Waals surface area contributed by atoms with Crippen molar-refractivity contribution < 1.29 is 4.79 Å². The normalized spacial score (nSPS) is 15.7. The van der Waals surface area contributed by atoms with Gasteiger partial charge in [-0.15, -0.1) is 0 Å². The smallest absolute Gasteiger partial charge is 0.280 e. The molecule has 8 nitrogen and oxygen atoms in total. The maximum Gasteiger partial charge on any atom is 0.280 e. The van der Waals surface area contributed by atoms with Gasteiger partial charge in [0.2, 0.25) is 0 Å². The molecule has 8 heteroatoms. The summed E-state index contributed by atoms with van der Waals surface area (Å²) >= 11 is 0. The largest absolute Gasteiger partial charge is 0.338 e. The van der Waals surface area contributed by atoms with Gasteiger partial charge in [-0.05, 0) is 68.2 Å². The zero-order valence-corrected chi connectivity index (χ0v) is 19.2. The van der Waals surface area contributed by atoms with Crippen molar-refractivity contribution in [1.82, 2.24) is 24.6 Å². The molecule has 170 valence electrons. The second-order valence-electron chi connectivity index (χ2n) is 8.63. The van der Waals surface area contributed by atoms with Crippen LogP contribution in [0, 0.1) is 24.2 Å². The second-order valence-corrected chi connectivity index (χ2v) is 8.63. The minimum Gasteiger partial charge on any atom is -0.338 e. The van der Waals surface area contributed by atoms with Gasteiger partial charge in [-0.1, -0.05) is 13.0 Å². The van der Waals surface area contributed by atoms with Crippen LogP contribution < -0.4 is 5.56 Å². The van der Waals surface area contributed by atoms with E-state index in [0.717, 1.165) is 43.7 Å². The number of carbonyl (C=O) groups is 1. The predicted octanol–water partition coefficient (Wildman–Crippen LogP) is 2.82. The molecular weight excluding hydrogens is 416 g/mol. The number of likely N-dealkylation sites (tertiary alicyclic amines) is 1. The lowest BCUT2D eigenvalue weighted by Crippen LogP contribution is -2.31. The molecule has 1 atom stereocenters. The van der Waals surface area contributed by atoms with Gasteiger partial charge in [0.25, 0.3) is 11.5 Å². The number of pyridine rings is 1. The Morgan fingerprint density at radius 1 is 1.30 bits per heavy atom. The molecule has 1 saturated heterocycles. The van der Waals surface area contributed by atoms with Gasteiger partial charge in [-0.3, -0.25) is 14.7 Å². The van der Waals surface area contributed by atoms with E-state index in [1.165, 1.54) is 10.9 Å². The molecule has 3 aromatic rings. The molecule has 0 saturated carbocycles. The lowest BCUT2D eigenvalue weighted by Gasteiger charge is -2.20. The minimum atomic E-state index is -0.239. The first kappa shape index (κ1) is 22.5. The topological polar surface area (TPSA) is 98.0 Å². The molecule has 0 spiro atoms. The number of aryl methyl sites for hydroxylation is 1. The molecule has 1 aliphatic heterocycles. The molecule has 2 aromatic heterocycles. The lowest BCUT2D eigenvalue weighted by molar-refractivity contribution is 0.0784.